The van der Waals surface area contributed by atoms with Crippen molar-refractivity contribution in [2.24, 2.45) is 17.4 Å². The van der Waals surface area contributed by atoms with Gasteiger partial charge >= 0.3 is 5.97 Å². The highest BCUT2D eigenvalue weighted by molar-refractivity contribution is 5.92. The van der Waals surface area contributed by atoms with Gasteiger partial charge in [0.1, 0.15) is 17.8 Å². The number of primary amides is 1. The van der Waals surface area contributed by atoms with Gasteiger partial charge in [0.25, 0.3) is 0 Å². The van der Waals surface area contributed by atoms with Crippen LogP contribution in [0, 0.1) is 5.92 Å². The fraction of sp³-hybridized carbons (Fsp3) is 0.500. The zero-order chi connectivity index (χ0) is 22.8. The predicted molar refractivity (Wildman–Crippen MR) is 109 cm³/mol. The number of amides is 3. The molecule has 166 valence electrons. The number of aliphatic carboxylic acids is 1. The van der Waals surface area contributed by atoms with Gasteiger partial charge in [-0.3, -0.25) is 14.4 Å². The second kappa shape index (κ2) is 11.8. The zero-order valence-electron chi connectivity index (χ0n) is 17.1. The first-order chi connectivity index (χ1) is 14.0. The lowest BCUT2D eigenvalue weighted by atomic mass is 10.0. The number of carbonyl (C=O) groups excluding carboxylic acids is 3. The monoisotopic (exact) mass is 422 g/mol. The average molecular weight is 422 g/mol. The maximum absolute atomic E-state index is 12.6. The topological polar surface area (TPSA) is 185 Å². The third kappa shape index (κ3) is 8.91. The van der Waals surface area contributed by atoms with Crippen molar-refractivity contribution < 1.29 is 29.4 Å². The molecule has 10 heteroatoms. The Hall–Kier alpha value is -3.14. The van der Waals surface area contributed by atoms with Crippen LogP contribution < -0.4 is 22.1 Å². The van der Waals surface area contributed by atoms with Crippen LogP contribution in [-0.2, 0) is 25.6 Å². The first kappa shape index (κ1) is 24.9. The fourth-order valence-electron chi connectivity index (χ4n) is 2.78. The summed E-state index contributed by atoms with van der Waals surface area (Å²) >= 11 is 0. The highest BCUT2D eigenvalue weighted by Crippen LogP contribution is 2.11. The molecule has 0 aliphatic heterocycles. The molecule has 1 aromatic carbocycles. The number of carboxylic acids is 1. The number of hydrogen-bond donors (Lipinski definition) is 6. The largest absolute Gasteiger partial charge is 0.508 e. The molecule has 0 aliphatic carbocycles. The van der Waals surface area contributed by atoms with Crippen LogP contribution in [0.1, 0.15) is 38.7 Å². The molecule has 30 heavy (non-hydrogen) atoms. The number of carbonyl (C=O) groups is 4. The summed E-state index contributed by atoms with van der Waals surface area (Å²) in [5, 5.41) is 23.5. The number of phenolic OH excluding ortho intramolecular Hbond substituents is 1. The number of aromatic hydroxyl groups is 1. The quantitative estimate of drug-likeness (QED) is 0.265. The standard InChI is InChI=1S/C20H30N4O6/c1-11(2)9-16(20(29)30)24-19(28)15(7-8-17(22)26)23-18(27)14(21)10-12-3-5-13(25)6-4-12/h3-6,11,14-16,25H,7-10,21H2,1-2H3,(H2,22,26)(H,23,27)(H,24,28)(H,29,30). The van der Waals surface area contributed by atoms with E-state index in [1.54, 1.807) is 12.1 Å². The minimum atomic E-state index is -1.19. The molecule has 0 aliphatic rings. The molecule has 0 saturated heterocycles. The van der Waals surface area contributed by atoms with Crippen LogP contribution >= 0.6 is 0 Å². The van der Waals surface area contributed by atoms with Gasteiger partial charge in [0.2, 0.25) is 17.7 Å². The van der Waals surface area contributed by atoms with Gasteiger partial charge in [0.05, 0.1) is 6.04 Å². The Bertz CT molecular complexity index is 750. The van der Waals surface area contributed by atoms with Gasteiger partial charge in [-0.2, -0.15) is 0 Å². The first-order valence-corrected chi connectivity index (χ1v) is 9.65. The number of benzene rings is 1. The van der Waals surface area contributed by atoms with Crippen molar-refractivity contribution in [1.82, 2.24) is 10.6 Å². The molecule has 1 aromatic rings. The summed E-state index contributed by atoms with van der Waals surface area (Å²) in [5.74, 6) is -3.12. The SMILES string of the molecule is CC(C)CC(NC(=O)C(CCC(N)=O)NC(=O)C(N)Cc1ccc(O)cc1)C(=O)O. The van der Waals surface area contributed by atoms with Crippen molar-refractivity contribution in [3.8, 4) is 5.75 Å². The Labute approximate surface area is 175 Å². The van der Waals surface area contributed by atoms with E-state index in [0.717, 1.165) is 0 Å². The number of nitrogens with two attached hydrogens (primary N) is 2. The van der Waals surface area contributed by atoms with Crippen LogP contribution in [0.4, 0.5) is 0 Å². The second-order valence-corrected chi connectivity index (χ2v) is 7.57. The van der Waals surface area contributed by atoms with Crippen molar-refractivity contribution in [3.63, 3.8) is 0 Å². The normalized spacial score (nSPS) is 13.9. The Kier molecular flexibility index (Phi) is 9.76. The molecule has 0 bridgehead atoms. The molecule has 0 spiro atoms. The Morgan fingerprint density at radius 3 is 2.07 bits per heavy atom. The highest BCUT2D eigenvalue weighted by atomic mass is 16.4. The number of nitrogens with one attached hydrogen (secondary N) is 2. The van der Waals surface area contributed by atoms with Crippen LogP contribution in [0.15, 0.2) is 24.3 Å². The third-order valence-corrected chi connectivity index (χ3v) is 4.36. The van der Waals surface area contributed by atoms with Crippen molar-refractivity contribution >= 4 is 23.7 Å². The van der Waals surface area contributed by atoms with E-state index in [2.05, 4.69) is 10.6 Å². The van der Waals surface area contributed by atoms with Crippen LogP contribution in [-0.4, -0.2) is 52.0 Å². The van der Waals surface area contributed by atoms with E-state index in [9.17, 15) is 29.4 Å². The van der Waals surface area contributed by atoms with Crippen molar-refractivity contribution in [1.29, 1.82) is 0 Å². The molecule has 3 unspecified atom stereocenters. The maximum Gasteiger partial charge on any atom is 0.326 e. The highest BCUT2D eigenvalue weighted by Gasteiger charge is 2.28. The smallest absolute Gasteiger partial charge is 0.326 e. The molecule has 8 N–H and O–H groups in total. The van der Waals surface area contributed by atoms with Crippen molar-refractivity contribution in [3.05, 3.63) is 29.8 Å². The Morgan fingerprint density at radius 1 is 1.00 bits per heavy atom. The molecule has 0 saturated carbocycles. The summed E-state index contributed by atoms with van der Waals surface area (Å²) in [6.07, 6.45) is 0.0969. The first-order valence-electron chi connectivity index (χ1n) is 9.65. The van der Waals surface area contributed by atoms with Crippen LogP contribution in [0.3, 0.4) is 0 Å². The molecule has 0 aromatic heterocycles. The number of carboxylic acid groups (broad SMARTS) is 1. The minimum Gasteiger partial charge on any atom is -0.508 e. The van der Waals surface area contributed by atoms with Gasteiger partial charge in [-0.15, -0.1) is 0 Å². The van der Waals surface area contributed by atoms with E-state index >= 15 is 0 Å². The Balaban J connectivity index is 2.83. The van der Waals surface area contributed by atoms with E-state index in [1.165, 1.54) is 12.1 Å². The van der Waals surface area contributed by atoms with Gasteiger partial charge in [-0.25, -0.2) is 4.79 Å². The summed E-state index contributed by atoms with van der Waals surface area (Å²) in [7, 11) is 0. The zero-order valence-corrected chi connectivity index (χ0v) is 17.1. The molecule has 3 atom stereocenters. The minimum absolute atomic E-state index is 0.0174. The Morgan fingerprint density at radius 2 is 1.57 bits per heavy atom. The van der Waals surface area contributed by atoms with E-state index in [4.69, 9.17) is 11.5 Å². The van der Waals surface area contributed by atoms with Gasteiger partial charge in [-0.1, -0.05) is 26.0 Å². The number of hydrogen-bond acceptors (Lipinski definition) is 6. The van der Waals surface area contributed by atoms with Gasteiger partial charge in [0, 0.05) is 6.42 Å². The number of phenols is 1. The predicted octanol–water partition coefficient (Wildman–Crippen LogP) is -0.372. The summed E-state index contributed by atoms with van der Waals surface area (Å²) in [5.41, 5.74) is 11.8. The molecular weight excluding hydrogens is 392 g/mol. The van der Waals surface area contributed by atoms with Crippen LogP contribution in [0.5, 0.6) is 5.75 Å². The lowest BCUT2D eigenvalue weighted by Crippen LogP contribution is -2.55. The van der Waals surface area contributed by atoms with E-state index in [1.807, 2.05) is 13.8 Å². The molecule has 0 fully saturated rings. The maximum atomic E-state index is 12.6. The molecule has 10 nitrogen and oxygen atoms in total. The lowest BCUT2D eigenvalue weighted by Gasteiger charge is -2.23. The number of rotatable bonds is 12. The fourth-order valence-corrected chi connectivity index (χ4v) is 2.78. The third-order valence-electron chi connectivity index (χ3n) is 4.36. The van der Waals surface area contributed by atoms with E-state index < -0.39 is 41.8 Å². The van der Waals surface area contributed by atoms with Crippen molar-refractivity contribution in [2.45, 2.75) is 57.7 Å². The van der Waals surface area contributed by atoms with E-state index in [-0.39, 0.29) is 37.4 Å². The molecule has 3 amide bonds. The average Bonchev–Trinajstić information content (AvgIpc) is 2.65. The summed E-state index contributed by atoms with van der Waals surface area (Å²) in [6.45, 7) is 3.63. The second-order valence-electron chi connectivity index (χ2n) is 7.57. The summed E-state index contributed by atoms with van der Waals surface area (Å²) in [6, 6.07) is 2.87. The van der Waals surface area contributed by atoms with Crippen LogP contribution in [0.25, 0.3) is 0 Å². The van der Waals surface area contributed by atoms with Gasteiger partial charge < -0.3 is 32.3 Å². The summed E-state index contributed by atoms with van der Waals surface area (Å²) < 4.78 is 0. The van der Waals surface area contributed by atoms with Crippen molar-refractivity contribution in [2.75, 3.05) is 0 Å². The molecular formula is C20H30N4O6. The van der Waals surface area contributed by atoms with E-state index in [0.29, 0.717) is 5.56 Å². The lowest BCUT2D eigenvalue weighted by molar-refractivity contribution is -0.142. The van der Waals surface area contributed by atoms with Gasteiger partial charge in [0.15, 0.2) is 0 Å². The summed E-state index contributed by atoms with van der Waals surface area (Å²) in [4.78, 5) is 47.6. The van der Waals surface area contributed by atoms with Gasteiger partial charge in [-0.05, 0) is 42.9 Å². The molecule has 0 radical (unpaired) electrons. The van der Waals surface area contributed by atoms with Crippen LogP contribution in [0.2, 0.25) is 0 Å². The molecule has 1 rings (SSSR count). The molecule has 0 heterocycles.